The van der Waals surface area contributed by atoms with Crippen molar-refractivity contribution < 1.29 is 25.2 Å². The molecule has 1 fully saturated rings. The van der Waals surface area contributed by atoms with Gasteiger partial charge in [-0.05, 0) is 0 Å². The normalized spacial score (nSPS) is 35.3. The molecule has 0 aliphatic carbocycles. The summed E-state index contributed by atoms with van der Waals surface area (Å²) in [5.74, 6) is 0. The van der Waals surface area contributed by atoms with Crippen molar-refractivity contribution in [2.75, 3.05) is 6.61 Å². The molecule has 1 aromatic rings. The smallest absolute Gasteiger partial charge is 0.325 e. The Morgan fingerprint density at radius 3 is 2.42 bits per heavy atom. The number of hydrogen-bond acceptors (Lipinski definition) is 7. The number of aliphatic hydroxyl groups is 4. The number of ether oxygens (including phenoxy) is 1. The molecule has 0 spiro atoms. The molecule has 0 bridgehead atoms. The Balaban J connectivity index is 2.38. The van der Waals surface area contributed by atoms with Crippen LogP contribution in [0.3, 0.4) is 0 Å². The van der Waals surface area contributed by atoms with Crippen LogP contribution in [0.25, 0.3) is 0 Å². The van der Waals surface area contributed by atoms with Gasteiger partial charge in [0.2, 0.25) is 0 Å². The Hall–Kier alpha value is -1.52. The molecule has 0 saturated carbocycles. The molecule has 0 radical (unpaired) electrons. The van der Waals surface area contributed by atoms with Crippen molar-refractivity contribution in [2.45, 2.75) is 30.5 Å². The Bertz CT molecular complexity index is 551. The second-order valence-electron chi connectivity index (χ2n) is 4.28. The molecular formula is C10H14N2O7. The van der Waals surface area contributed by atoms with Gasteiger partial charge in [-0.1, -0.05) is 0 Å². The summed E-state index contributed by atoms with van der Waals surface area (Å²) in [6.45, 7) is -0.595. The minimum atomic E-state index is -1.58. The van der Waals surface area contributed by atoms with E-state index in [1.807, 2.05) is 4.98 Å². The zero-order valence-corrected chi connectivity index (χ0v) is 9.68. The van der Waals surface area contributed by atoms with Crippen molar-refractivity contribution >= 4 is 0 Å². The van der Waals surface area contributed by atoms with Gasteiger partial charge in [-0.25, -0.2) is 4.79 Å². The fourth-order valence-corrected chi connectivity index (χ4v) is 1.99. The zero-order chi connectivity index (χ0) is 14.2. The molecule has 2 heterocycles. The summed E-state index contributed by atoms with van der Waals surface area (Å²) in [6, 6.07) is 0. The number of aromatic amines is 2. The van der Waals surface area contributed by atoms with E-state index >= 15 is 0 Å². The Morgan fingerprint density at radius 1 is 1.16 bits per heavy atom. The quantitative estimate of drug-likeness (QED) is 0.328. The van der Waals surface area contributed by atoms with Crippen molar-refractivity contribution in [3.8, 4) is 0 Å². The van der Waals surface area contributed by atoms with E-state index in [4.69, 9.17) is 9.84 Å². The molecule has 1 aliphatic heterocycles. The van der Waals surface area contributed by atoms with E-state index in [1.54, 1.807) is 0 Å². The van der Waals surface area contributed by atoms with Crippen LogP contribution in [0.5, 0.6) is 0 Å². The van der Waals surface area contributed by atoms with Gasteiger partial charge in [-0.2, -0.15) is 0 Å². The minimum Gasteiger partial charge on any atom is -0.394 e. The molecule has 0 aromatic carbocycles. The van der Waals surface area contributed by atoms with E-state index in [9.17, 15) is 24.9 Å². The number of hydrogen-bond donors (Lipinski definition) is 6. The predicted octanol–water partition coefficient (Wildman–Crippen LogP) is -3.42. The lowest BCUT2D eigenvalue weighted by molar-refractivity contribution is -0.232. The van der Waals surface area contributed by atoms with Gasteiger partial charge < -0.3 is 30.1 Å². The summed E-state index contributed by atoms with van der Waals surface area (Å²) in [7, 11) is 0. The van der Waals surface area contributed by atoms with Crippen molar-refractivity contribution in [2.24, 2.45) is 0 Å². The number of nitrogens with one attached hydrogen (secondary N) is 2. The predicted molar refractivity (Wildman–Crippen MR) is 60.4 cm³/mol. The second kappa shape index (κ2) is 5.23. The molecule has 1 saturated heterocycles. The highest BCUT2D eigenvalue weighted by molar-refractivity contribution is 5.13. The summed E-state index contributed by atoms with van der Waals surface area (Å²) in [5.41, 5.74) is -1.62. The summed E-state index contributed by atoms with van der Waals surface area (Å²) < 4.78 is 5.19. The molecule has 1 aliphatic rings. The molecule has 6 N–H and O–H groups in total. The number of H-pyrrole nitrogens is 2. The van der Waals surface area contributed by atoms with Gasteiger partial charge in [-0.15, -0.1) is 0 Å². The fourth-order valence-electron chi connectivity index (χ4n) is 1.99. The van der Waals surface area contributed by atoms with Crippen molar-refractivity contribution in [1.82, 2.24) is 9.97 Å². The SMILES string of the molecule is O=c1[nH]cc([C@@H]2O[C@H](CO)[C@@H](O)[C@H](O)[C@@H]2O)c(=O)[nH]1. The van der Waals surface area contributed by atoms with Crippen LogP contribution in [-0.4, -0.2) is 61.4 Å². The highest BCUT2D eigenvalue weighted by Gasteiger charge is 2.44. The van der Waals surface area contributed by atoms with E-state index in [0.29, 0.717) is 0 Å². The number of aromatic nitrogens is 2. The molecule has 0 amide bonds. The first-order chi connectivity index (χ1) is 8.95. The van der Waals surface area contributed by atoms with Crippen molar-refractivity contribution in [3.05, 3.63) is 32.6 Å². The summed E-state index contributed by atoms with van der Waals surface area (Å²) in [5, 5.41) is 38.0. The van der Waals surface area contributed by atoms with E-state index in [2.05, 4.69) is 4.98 Å². The largest absolute Gasteiger partial charge is 0.394 e. The highest BCUT2D eigenvalue weighted by Crippen LogP contribution is 2.30. The molecule has 2 rings (SSSR count). The Morgan fingerprint density at radius 2 is 1.84 bits per heavy atom. The maximum absolute atomic E-state index is 11.6. The molecule has 1 aromatic heterocycles. The van der Waals surface area contributed by atoms with Crippen LogP contribution in [0.4, 0.5) is 0 Å². The molecule has 9 nitrogen and oxygen atoms in total. The third-order valence-corrected chi connectivity index (χ3v) is 3.05. The van der Waals surface area contributed by atoms with E-state index in [1.165, 1.54) is 0 Å². The minimum absolute atomic E-state index is 0.114. The topological polar surface area (TPSA) is 156 Å². The lowest BCUT2D eigenvalue weighted by Gasteiger charge is -2.39. The Kier molecular flexibility index (Phi) is 3.83. The standard InChI is InChI=1S/C10H14N2O7/c13-2-4-5(14)6(15)7(16)8(19-4)3-1-11-10(18)12-9(3)17/h1,4-8,13-16H,2H2,(H2,11,12,17,18)/t4-,5-,6+,7+,8+/m1/s1. The van der Waals surface area contributed by atoms with Crippen LogP contribution < -0.4 is 11.2 Å². The third-order valence-electron chi connectivity index (χ3n) is 3.05. The first-order valence-corrected chi connectivity index (χ1v) is 5.58. The maximum Gasteiger partial charge on any atom is 0.325 e. The van der Waals surface area contributed by atoms with E-state index < -0.39 is 48.4 Å². The summed E-state index contributed by atoms with van der Waals surface area (Å²) >= 11 is 0. The first kappa shape index (κ1) is 13.9. The van der Waals surface area contributed by atoms with Gasteiger partial charge in [-0.3, -0.25) is 9.78 Å². The van der Waals surface area contributed by atoms with Crippen molar-refractivity contribution in [3.63, 3.8) is 0 Å². The molecule has 5 atom stereocenters. The molecular weight excluding hydrogens is 260 g/mol. The van der Waals surface area contributed by atoms with Crippen LogP contribution in [0.2, 0.25) is 0 Å². The lowest BCUT2D eigenvalue weighted by Crippen LogP contribution is -2.56. The molecule has 19 heavy (non-hydrogen) atoms. The van der Waals surface area contributed by atoms with E-state index in [0.717, 1.165) is 6.20 Å². The van der Waals surface area contributed by atoms with Gasteiger partial charge in [0.25, 0.3) is 5.56 Å². The van der Waals surface area contributed by atoms with Gasteiger partial charge in [0.15, 0.2) is 0 Å². The van der Waals surface area contributed by atoms with Crippen LogP contribution in [-0.2, 0) is 4.74 Å². The van der Waals surface area contributed by atoms with Crippen LogP contribution in [0, 0.1) is 0 Å². The van der Waals surface area contributed by atoms with Crippen molar-refractivity contribution in [1.29, 1.82) is 0 Å². The lowest BCUT2D eigenvalue weighted by atomic mass is 9.92. The Labute approximate surface area is 106 Å². The molecule has 0 unspecified atom stereocenters. The maximum atomic E-state index is 11.6. The van der Waals surface area contributed by atoms with Gasteiger partial charge in [0.05, 0.1) is 12.2 Å². The summed E-state index contributed by atoms with van der Waals surface area (Å²) in [4.78, 5) is 26.7. The van der Waals surface area contributed by atoms with E-state index in [-0.39, 0.29) is 5.56 Å². The van der Waals surface area contributed by atoms with Crippen LogP contribution in [0.1, 0.15) is 11.7 Å². The van der Waals surface area contributed by atoms with Gasteiger partial charge in [0, 0.05) is 6.20 Å². The first-order valence-electron chi connectivity index (χ1n) is 5.58. The summed E-state index contributed by atoms with van der Waals surface area (Å²) in [6.07, 6.45) is -5.98. The molecule has 9 heteroatoms. The monoisotopic (exact) mass is 274 g/mol. The average Bonchev–Trinajstić information content (AvgIpc) is 2.38. The zero-order valence-electron chi connectivity index (χ0n) is 9.68. The second-order valence-corrected chi connectivity index (χ2v) is 4.28. The molecule has 106 valence electrons. The number of aliphatic hydroxyl groups excluding tert-OH is 4. The highest BCUT2D eigenvalue weighted by atomic mass is 16.5. The average molecular weight is 274 g/mol. The fraction of sp³-hybridized carbons (Fsp3) is 0.600. The van der Waals surface area contributed by atoms with Crippen LogP contribution in [0.15, 0.2) is 15.8 Å². The van der Waals surface area contributed by atoms with Gasteiger partial charge >= 0.3 is 5.69 Å². The van der Waals surface area contributed by atoms with Crippen LogP contribution >= 0.6 is 0 Å². The third kappa shape index (κ3) is 2.46. The number of rotatable bonds is 2. The van der Waals surface area contributed by atoms with Gasteiger partial charge in [0.1, 0.15) is 30.5 Å².